The summed E-state index contributed by atoms with van der Waals surface area (Å²) in [6, 6.07) is 2.59. The number of hydrogen-bond donors (Lipinski definition) is 0. The van der Waals surface area contributed by atoms with Crippen molar-refractivity contribution in [3.05, 3.63) is 12.3 Å². The zero-order valence-electron chi connectivity index (χ0n) is 8.28. The first-order valence-corrected chi connectivity index (χ1v) is 4.37. The highest BCUT2D eigenvalue weighted by Gasteiger charge is 2.09. The Labute approximate surface area is 74.0 Å². The summed E-state index contributed by atoms with van der Waals surface area (Å²) in [6.45, 7) is 4.39. The molecule has 68 valence electrons. The third kappa shape index (κ3) is 1.78. The van der Waals surface area contributed by atoms with Crippen LogP contribution in [0.15, 0.2) is 12.3 Å². The van der Waals surface area contributed by atoms with Crippen molar-refractivity contribution in [1.82, 2.24) is 9.78 Å². The summed E-state index contributed by atoms with van der Waals surface area (Å²) in [4.78, 5) is 2.19. The van der Waals surface area contributed by atoms with E-state index < -0.39 is 0 Å². The van der Waals surface area contributed by atoms with Crippen LogP contribution in [0.5, 0.6) is 0 Å². The molecule has 1 rings (SSSR count). The predicted octanol–water partition coefficient (Wildman–Crippen LogP) is 1.65. The van der Waals surface area contributed by atoms with Crippen molar-refractivity contribution in [2.75, 3.05) is 11.9 Å². The Hall–Kier alpha value is -0.990. The summed E-state index contributed by atoms with van der Waals surface area (Å²) in [5, 5.41) is 4.32. The SMILES string of the molecule is CCC(C)N(C)c1ccn(C)n1. The van der Waals surface area contributed by atoms with Crippen LogP contribution in [0, 0.1) is 0 Å². The van der Waals surface area contributed by atoms with Gasteiger partial charge in [0.15, 0.2) is 5.82 Å². The molecule has 0 radical (unpaired) electrons. The summed E-state index contributed by atoms with van der Waals surface area (Å²) >= 11 is 0. The van der Waals surface area contributed by atoms with Crippen LogP contribution in [-0.2, 0) is 7.05 Å². The molecular weight excluding hydrogens is 150 g/mol. The minimum absolute atomic E-state index is 0.555. The number of rotatable bonds is 3. The molecule has 1 atom stereocenters. The molecule has 0 spiro atoms. The lowest BCUT2D eigenvalue weighted by Gasteiger charge is -2.23. The first kappa shape index (κ1) is 9.10. The van der Waals surface area contributed by atoms with Gasteiger partial charge in [-0.3, -0.25) is 4.68 Å². The molecule has 0 saturated carbocycles. The van der Waals surface area contributed by atoms with Crippen LogP contribution in [0.3, 0.4) is 0 Å². The standard InChI is InChI=1S/C9H17N3/c1-5-8(2)12(4)9-6-7-11(3)10-9/h6-8H,5H2,1-4H3. The molecule has 0 aromatic carbocycles. The van der Waals surface area contributed by atoms with Crippen LogP contribution in [0.2, 0.25) is 0 Å². The first-order valence-electron chi connectivity index (χ1n) is 4.37. The van der Waals surface area contributed by atoms with E-state index in [0.29, 0.717) is 6.04 Å². The number of aryl methyl sites for hydroxylation is 1. The van der Waals surface area contributed by atoms with Crippen LogP contribution in [-0.4, -0.2) is 22.9 Å². The summed E-state index contributed by atoms with van der Waals surface area (Å²) in [5.41, 5.74) is 0. The second-order valence-corrected chi connectivity index (χ2v) is 3.22. The fraction of sp³-hybridized carbons (Fsp3) is 0.667. The molecule has 3 heteroatoms. The molecular formula is C9H17N3. The molecule has 0 amide bonds. The Bertz CT molecular complexity index is 242. The van der Waals surface area contributed by atoms with Gasteiger partial charge in [-0.2, -0.15) is 5.10 Å². The molecule has 12 heavy (non-hydrogen) atoms. The van der Waals surface area contributed by atoms with Crippen molar-refractivity contribution in [1.29, 1.82) is 0 Å². The molecule has 0 N–H and O–H groups in total. The summed E-state index contributed by atoms with van der Waals surface area (Å²) < 4.78 is 1.83. The largest absolute Gasteiger partial charge is 0.356 e. The maximum atomic E-state index is 4.32. The summed E-state index contributed by atoms with van der Waals surface area (Å²) in [7, 11) is 4.02. The molecule has 1 aromatic rings. The van der Waals surface area contributed by atoms with Gasteiger partial charge in [-0.05, 0) is 13.3 Å². The third-order valence-corrected chi connectivity index (χ3v) is 2.31. The molecule has 0 bridgehead atoms. The van der Waals surface area contributed by atoms with Crippen LogP contribution in [0.1, 0.15) is 20.3 Å². The maximum absolute atomic E-state index is 4.32. The van der Waals surface area contributed by atoms with Crippen molar-refractivity contribution in [2.24, 2.45) is 7.05 Å². The van der Waals surface area contributed by atoms with Gasteiger partial charge < -0.3 is 4.90 Å². The van der Waals surface area contributed by atoms with E-state index in [-0.39, 0.29) is 0 Å². The Morgan fingerprint density at radius 1 is 1.67 bits per heavy atom. The monoisotopic (exact) mass is 167 g/mol. The van der Waals surface area contributed by atoms with E-state index in [0.717, 1.165) is 12.2 Å². The molecule has 0 aliphatic heterocycles. The summed E-state index contributed by atoms with van der Waals surface area (Å²) in [6.07, 6.45) is 3.11. The van der Waals surface area contributed by atoms with Gasteiger partial charge in [0.05, 0.1) is 0 Å². The van der Waals surface area contributed by atoms with Gasteiger partial charge in [-0.1, -0.05) is 6.92 Å². The highest BCUT2D eigenvalue weighted by atomic mass is 15.3. The van der Waals surface area contributed by atoms with Crippen LogP contribution < -0.4 is 4.90 Å². The Kier molecular flexibility index (Phi) is 2.74. The van der Waals surface area contributed by atoms with Gasteiger partial charge in [0.25, 0.3) is 0 Å². The van der Waals surface area contributed by atoms with Crippen molar-refractivity contribution in [3.63, 3.8) is 0 Å². The Balaban J connectivity index is 2.70. The molecule has 0 aliphatic rings. The molecule has 1 heterocycles. The minimum Gasteiger partial charge on any atom is -0.356 e. The minimum atomic E-state index is 0.555. The highest BCUT2D eigenvalue weighted by molar-refractivity contribution is 5.36. The van der Waals surface area contributed by atoms with Crippen molar-refractivity contribution >= 4 is 5.82 Å². The zero-order valence-corrected chi connectivity index (χ0v) is 8.28. The first-order chi connectivity index (χ1) is 5.65. The van der Waals surface area contributed by atoms with E-state index in [4.69, 9.17) is 0 Å². The van der Waals surface area contributed by atoms with Gasteiger partial charge in [-0.15, -0.1) is 0 Å². The zero-order chi connectivity index (χ0) is 9.14. The van der Waals surface area contributed by atoms with Crippen LogP contribution in [0.25, 0.3) is 0 Å². The lowest BCUT2D eigenvalue weighted by molar-refractivity contribution is 0.646. The topological polar surface area (TPSA) is 21.1 Å². The number of aromatic nitrogens is 2. The van der Waals surface area contributed by atoms with E-state index in [2.05, 4.69) is 30.9 Å². The lowest BCUT2D eigenvalue weighted by Crippen LogP contribution is -2.28. The molecule has 3 nitrogen and oxygen atoms in total. The smallest absolute Gasteiger partial charge is 0.150 e. The quantitative estimate of drug-likeness (QED) is 0.682. The van der Waals surface area contributed by atoms with E-state index >= 15 is 0 Å². The van der Waals surface area contributed by atoms with Crippen LogP contribution in [0.4, 0.5) is 5.82 Å². The van der Waals surface area contributed by atoms with Crippen LogP contribution >= 0.6 is 0 Å². The van der Waals surface area contributed by atoms with Gasteiger partial charge in [0.1, 0.15) is 0 Å². The second kappa shape index (κ2) is 3.61. The fourth-order valence-corrected chi connectivity index (χ4v) is 1.09. The average molecular weight is 167 g/mol. The molecule has 0 aliphatic carbocycles. The lowest BCUT2D eigenvalue weighted by atomic mass is 10.2. The highest BCUT2D eigenvalue weighted by Crippen LogP contribution is 2.12. The third-order valence-electron chi connectivity index (χ3n) is 2.31. The van der Waals surface area contributed by atoms with Gasteiger partial charge in [0.2, 0.25) is 0 Å². The van der Waals surface area contributed by atoms with Crippen molar-refractivity contribution in [2.45, 2.75) is 26.3 Å². The van der Waals surface area contributed by atoms with E-state index in [9.17, 15) is 0 Å². The predicted molar refractivity (Wildman–Crippen MR) is 51.4 cm³/mol. The molecule has 0 fully saturated rings. The van der Waals surface area contributed by atoms with E-state index in [1.165, 1.54) is 0 Å². The maximum Gasteiger partial charge on any atom is 0.150 e. The number of anilines is 1. The second-order valence-electron chi connectivity index (χ2n) is 3.22. The Morgan fingerprint density at radius 2 is 2.33 bits per heavy atom. The Morgan fingerprint density at radius 3 is 2.75 bits per heavy atom. The van der Waals surface area contributed by atoms with Gasteiger partial charge in [-0.25, -0.2) is 0 Å². The normalized spacial score (nSPS) is 13.0. The molecule has 0 saturated heterocycles. The van der Waals surface area contributed by atoms with Crippen molar-refractivity contribution < 1.29 is 0 Å². The summed E-state index contributed by atoms with van der Waals surface area (Å²) in [5.74, 6) is 1.05. The van der Waals surface area contributed by atoms with Crippen molar-refractivity contribution in [3.8, 4) is 0 Å². The molecule has 1 unspecified atom stereocenters. The number of nitrogens with zero attached hydrogens (tertiary/aromatic N) is 3. The van der Waals surface area contributed by atoms with Gasteiger partial charge >= 0.3 is 0 Å². The number of hydrogen-bond acceptors (Lipinski definition) is 2. The van der Waals surface area contributed by atoms with Gasteiger partial charge in [0, 0.05) is 32.4 Å². The average Bonchev–Trinajstić information content (AvgIpc) is 2.49. The van der Waals surface area contributed by atoms with E-state index in [1.54, 1.807) is 0 Å². The molecule has 1 aromatic heterocycles. The fourth-order valence-electron chi connectivity index (χ4n) is 1.09. The van der Waals surface area contributed by atoms with E-state index in [1.807, 2.05) is 24.0 Å².